The minimum Gasteiger partial charge on any atom is -0.378 e. The molecular formula is C7H14N2O2S. The van der Waals surface area contributed by atoms with Crippen molar-refractivity contribution in [2.45, 2.75) is 0 Å². The van der Waals surface area contributed by atoms with Crippen LogP contribution in [-0.4, -0.2) is 48.7 Å². The molecule has 1 aliphatic heterocycles. The Morgan fingerprint density at radius 3 is 2.75 bits per heavy atom. The molecule has 0 bridgehead atoms. The lowest BCUT2D eigenvalue weighted by Crippen LogP contribution is -2.38. The maximum absolute atomic E-state index is 11.3. The van der Waals surface area contributed by atoms with Crippen LogP contribution in [-0.2, 0) is 4.74 Å². The molecule has 5 heteroatoms. The average molecular weight is 190 g/mol. The lowest BCUT2D eigenvalue weighted by atomic mass is 10.5. The summed E-state index contributed by atoms with van der Waals surface area (Å²) < 4.78 is 5.13. The molecule has 70 valence electrons. The van der Waals surface area contributed by atoms with Gasteiger partial charge in [-0.2, -0.15) is 0 Å². The lowest BCUT2D eigenvalue weighted by molar-refractivity contribution is 0.0593. The Kier molecular flexibility index (Phi) is 4.42. The number of hydrogen-bond donors (Lipinski definition) is 1. The van der Waals surface area contributed by atoms with E-state index in [0.29, 0.717) is 25.5 Å². The van der Waals surface area contributed by atoms with Gasteiger partial charge in [0.05, 0.1) is 13.2 Å². The molecule has 12 heavy (non-hydrogen) atoms. The monoisotopic (exact) mass is 190 g/mol. The van der Waals surface area contributed by atoms with Gasteiger partial charge in [0, 0.05) is 25.4 Å². The summed E-state index contributed by atoms with van der Waals surface area (Å²) >= 11 is 1.29. The Bertz CT molecular complexity index is 148. The number of nitrogens with two attached hydrogens (primary N) is 1. The summed E-state index contributed by atoms with van der Waals surface area (Å²) in [6.45, 7) is 3.32. The van der Waals surface area contributed by atoms with E-state index in [1.54, 1.807) is 0 Å². The normalized spacial score (nSPS) is 17.9. The number of carbonyl (C=O) groups is 1. The SMILES string of the molecule is NCCSC(=O)N1CCOCC1. The van der Waals surface area contributed by atoms with Gasteiger partial charge in [-0.3, -0.25) is 4.79 Å². The minimum absolute atomic E-state index is 0.128. The predicted octanol–water partition coefficient (Wildman–Crippen LogP) is 0.131. The highest BCUT2D eigenvalue weighted by atomic mass is 32.2. The van der Waals surface area contributed by atoms with Crippen molar-refractivity contribution in [1.82, 2.24) is 4.90 Å². The van der Waals surface area contributed by atoms with Crippen LogP contribution in [0.3, 0.4) is 0 Å². The maximum atomic E-state index is 11.3. The third-order valence-corrected chi connectivity index (χ3v) is 2.56. The Morgan fingerprint density at radius 2 is 2.17 bits per heavy atom. The molecule has 0 aromatic carbocycles. The Hall–Kier alpha value is -0.260. The van der Waals surface area contributed by atoms with Gasteiger partial charge in [-0.05, 0) is 0 Å². The fraction of sp³-hybridized carbons (Fsp3) is 0.857. The molecule has 0 aromatic heterocycles. The fourth-order valence-corrected chi connectivity index (χ4v) is 1.64. The molecule has 1 fully saturated rings. The van der Waals surface area contributed by atoms with E-state index < -0.39 is 0 Å². The van der Waals surface area contributed by atoms with Crippen molar-refractivity contribution in [2.75, 3.05) is 38.6 Å². The van der Waals surface area contributed by atoms with E-state index in [9.17, 15) is 4.79 Å². The molecule has 0 aromatic rings. The zero-order valence-corrected chi connectivity index (χ0v) is 7.81. The number of rotatable bonds is 2. The summed E-state index contributed by atoms with van der Waals surface area (Å²) in [4.78, 5) is 13.1. The number of morpholine rings is 1. The second-order valence-electron chi connectivity index (χ2n) is 2.50. The lowest BCUT2D eigenvalue weighted by Gasteiger charge is -2.26. The highest BCUT2D eigenvalue weighted by molar-refractivity contribution is 8.13. The number of ether oxygens (including phenoxy) is 1. The van der Waals surface area contributed by atoms with Crippen LogP contribution in [0.5, 0.6) is 0 Å². The van der Waals surface area contributed by atoms with Crippen molar-refractivity contribution in [2.24, 2.45) is 5.73 Å². The second-order valence-corrected chi connectivity index (χ2v) is 3.55. The summed E-state index contributed by atoms with van der Waals surface area (Å²) in [7, 11) is 0. The summed E-state index contributed by atoms with van der Waals surface area (Å²) in [5, 5.41) is 0.128. The number of nitrogens with zero attached hydrogens (tertiary/aromatic N) is 1. The predicted molar refractivity (Wildman–Crippen MR) is 49.3 cm³/mol. The fourth-order valence-electron chi connectivity index (χ4n) is 0.983. The number of carbonyl (C=O) groups excluding carboxylic acids is 1. The Balaban J connectivity index is 2.20. The van der Waals surface area contributed by atoms with E-state index >= 15 is 0 Å². The first-order valence-corrected chi connectivity index (χ1v) is 5.02. The van der Waals surface area contributed by atoms with E-state index in [-0.39, 0.29) is 5.24 Å². The van der Waals surface area contributed by atoms with Crippen LogP contribution in [0.1, 0.15) is 0 Å². The molecule has 0 aliphatic carbocycles. The van der Waals surface area contributed by atoms with Gasteiger partial charge in [-0.1, -0.05) is 11.8 Å². The zero-order chi connectivity index (χ0) is 8.81. The first-order chi connectivity index (χ1) is 5.84. The topological polar surface area (TPSA) is 55.6 Å². The van der Waals surface area contributed by atoms with Crippen LogP contribution >= 0.6 is 11.8 Å². The van der Waals surface area contributed by atoms with Gasteiger partial charge in [0.2, 0.25) is 0 Å². The Labute approximate surface area is 76.4 Å². The molecule has 1 rings (SSSR count). The van der Waals surface area contributed by atoms with Gasteiger partial charge in [-0.25, -0.2) is 0 Å². The van der Waals surface area contributed by atoms with Gasteiger partial charge < -0.3 is 15.4 Å². The highest BCUT2D eigenvalue weighted by Crippen LogP contribution is 2.09. The second kappa shape index (κ2) is 5.40. The third-order valence-electron chi connectivity index (χ3n) is 1.61. The molecule has 0 atom stereocenters. The first-order valence-electron chi connectivity index (χ1n) is 4.04. The van der Waals surface area contributed by atoms with E-state index in [2.05, 4.69) is 0 Å². The summed E-state index contributed by atoms with van der Waals surface area (Å²) in [5.41, 5.74) is 5.29. The minimum atomic E-state index is 0.128. The van der Waals surface area contributed by atoms with Gasteiger partial charge >= 0.3 is 0 Å². The van der Waals surface area contributed by atoms with Crippen LogP contribution in [0.25, 0.3) is 0 Å². The number of amides is 1. The van der Waals surface area contributed by atoms with Crippen molar-refractivity contribution in [3.63, 3.8) is 0 Å². The van der Waals surface area contributed by atoms with Gasteiger partial charge in [0.15, 0.2) is 0 Å². The number of thioether (sulfide) groups is 1. The zero-order valence-electron chi connectivity index (χ0n) is 6.99. The van der Waals surface area contributed by atoms with Crippen LogP contribution in [0.2, 0.25) is 0 Å². The summed E-state index contributed by atoms with van der Waals surface area (Å²) in [6.07, 6.45) is 0. The maximum Gasteiger partial charge on any atom is 0.281 e. The molecule has 0 spiro atoms. The van der Waals surface area contributed by atoms with Crippen LogP contribution < -0.4 is 5.73 Å². The summed E-state index contributed by atoms with van der Waals surface area (Å²) in [5.74, 6) is 0.705. The molecule has 0 unspecified atom stereocenters. The smallest absolute Gasteiger partial charge is 0.281 e. The van der Waals surface area contributed by atoms with Crippen molar-refractivity contribution in [3.8, 4) is 0 Å². The van der Waals surface area contributed by atoms with Crippen molar-refractivity contribution in [3.05, 3.63) is 0 Å². The molecule has 1 aliphatic rings. The molecule has 1 heterocycles. The van der Waals surface area contributed by atoms with Gasteiger partial charge in [-0.15, -0.1) is 0 Å². The molecule has 1 saturated heterocycles. The molecule has 4 nitrogen and oxygen atoms in total. The van der Waals surface area contributed by atoms with Crippen molar-refractivity contribution < 1.29 is 9.53 Å². The molecular weight excluding hydrogens is 176 g/mol. The number of hydrogen-bond acceptors (Lipinski definition) is 4. The molecule has 0 radical (unpaired) electrons. The molecule has 2 N–H and O–H groups in total. The molecule has 0 saturated carbocycles. The standard InChI is InChI=1S/C7H14N2O2S/c8-1-6-12-7(10)9-2-4-11-5-3-9/h1-6,8H2. The van der Waals surface area contributed by atoms with E-state index in [1.807, 2.05) is 4.90 Å². The quantitative estimate of drug-likeness (QED) is 0.672. The van der Waals surface area contributed by atoms with E-state index in [0.717, 1.165) is 13.1 Å². The van der Waals surface area contributed by atoms with Crippen molar-refractivity contribution in [1.29, 1.82) is 0 Å². The highest BCUT2D eigenvalue weighted by Gasteiger charge is 2.16. The summed E-state index contributed by atoms with van der Waals surface area (Å²) in [6, 6.07) is 0. The van der Waals surface area contributed by atoms with E-state index in [4.69, 9.17) is 10.5 Å². The first kappa shape index (κ1) is 9.83. The van der Waals surface area contributed by atoms with Crippen LogP contribution in [0.15, 0.2) is 0 Å². The molecule has 1 amide bonds. The van der Waals surface area contributed by atoms with Crippen LogP contribution in [0.4, 0.5) is 4.79 Å². The largest absolute Gasteiger partial charge is 0.378 e. The van der Waals surface area contributed by atoms with Gasteiger partial charge in [0.25, 0.3) is 5.24 Å². The third kappa shape index (κ3) is 3.00. The van der Waals surface area contributed by atoms with Gasteiger partial charge in [0.1, 0.15) is 0 Å². The van der Waals surface area contributed by atoms with Crippen LogP contribution in [0, 0.1) is 0 Å². The van der Waals surface area contributed by atoms with Crippen molar-refractivity contribution >= 4 is 17.0 Å². The average Bonchev–Trinajstić information content (AvgIpc) is 2.15. The van der Waals surface area contributed by atoms with E-state index in [1.165, 1.54) is 11.8 Å². The Morgan fingerprint density at radius 1 is 1.50 bits per heavy atom.